The van der Waals surface area contributed by atoms with Crippen molar-refractivity contribution in [2.75, 3.05) is 0 Å². The van der Waals surface area contributed by atoms with Gasteiger partial charge in [0.25, 0.3) is 0 Å². The van der Waals surface area contributed by atoms with Crippen molar-refractivity contribution in [2.24, 2.45) is 11.8 Å². The van der Waals surface area contributed by atoms with Gasteiger partial charge in [0, 0.05) is 0 Å². The average Bonchev–Trinajstić information content (AvgIpc) is 3.01. The van der Waals surface area contributed by atoms with Crippen molar-refractivity contribution in [2.45, 2.75) is 61.4 Å². The third kappa shape index (κ3) is 7.56. The number of hydrogen-bond acceptors (Lipinski definition) is 0. The summed E-state index contributed by atoms with van der Waals surface area (Å²) in [7, 11) is 0. The van der Waals surface area contributed by atoms with E-state index in [2.05, 4.69) is 117 Å². The van der Waals surface area contributed by atoms with E-state index in [4.69, 9.17) is 0 Å². The molecule has 0 fully saturated rings. The summed E-state index contributed by atoms with van der Waals surface area (Å²) >= 11 is 2.28. The van der Waals surface area contributed by atoms with E-state index < -0.39 is 0 Å². The first kappa shape index (κ1) is 24.1. The molecule has 0 aliphatic heterocycles. The number of hydrogen-bond donors (Lipinski definition) is 0. The van der Waals surface area contributed by atoms with Crippen molar-refractivity contribution in [1.82, 2.24) is 0 Å². The normalized spacial score (nSPS) is 21.1. The SMILES string of the molecule is CC1=[C-]C(C)C(C)=C1C.CC1=[C-]C(C)C(C)=C1C.[Ti+2]=[SiH]Cc1ccccc1. The maximum absolute atomic E-state index is 3.36. The fourth-order valence-corrected chi connectivity index (χ4v) is 4.67. The van der Waals surface area contributed by atoms with Crippen molar-refractivity contribution >= 4 is 6.91 Å². The minimum atomic E-state index is 0.560. The molecule has 142 valence electrons. The minimum absolute atomic E-state index is 0.560. The van der Waals surface area contributed by atoms with E-state index in [-0.39, 0.29) is 0 Å². The van der Waals surface area contributed by atoms with Crippen molar-refractivity contribution in [3.05, 3.63) is 81.5 Å². The molecule has 1 aromatic carbocycles. The van der Waals surface area contributed by atoms with Crippen LogP contribution in [0.2, 0.25) is 0 Å². The van der Waals surface area contributed by atoms with Gasteiger partial charge in [-0.1, -0.05) is 53.4 Å². The van der Waals surface area contributed by atoms with Crippen LogP contribution in [0.5, 0.6) is 0 Å². The van der Waals surface area contributed by atoms with Crippen LogP contribution in [0.3, 0.4) is 0 Å². The van der Waals surface area contributed by atoms with Crippen LogP contribution < -0.4 is 0 Å². The predicted molar refractivity (Wildman–Crippen MR) is 117 cm³/mol. The van der Waals surface area contributed by atoms with Gasteiger partial charge in [-0.2, -0.15) is 22.3 Å². The summed E-state index contributed by atoms with van der Waals surface area (Å²) in [6.07, 6.45) is 6.72. The number of benzene rings is 1. The Hall–Kier alpha value is -0.889. The van der Waals surface area contributed by atoms with Gasteiger partial charge < -0.3 is 0 Å². The predicted octanol–water partition coefficient (Wildman–Crippen LogP) is 6.53. The van der Waals surface area contributed by atoms with Crippen molar-refractivity contribution < 1.29 is 19.2 Å². The Kier molecular flexibility index (Phi) is 10.6. The maximum atomic E-state index is 3.36. The van der Waals surface area contributed by atoms with Crippen LogP contribution in [0.1, 0.15) is 61.0 Å². The van der Waals surface area contributed by atoms with Gasteiger partial charge in [0.1, 0.15) is 0 Å². The van der Waals surface area contributed by atoms with E-state index in [1.165, 1.54) is 45.0 Å². The van der Waals surface area contributed by atoms with Crippen LogP contribution in [-0.4, -0.2) is 6.91 Å². The first-order chi connectivity index (χ1) is 12.7. The molecule has 0 aromatic heterocycles. The van der Waals surface area contributed by atoms with E-state index in [9.17, 15) is 0 Å². The van der Waals surface area contributed by atoms with Gasteiger partial charge in [0.05, 0.1) is 0 Å². The summed E-state index contributed by atoms with van der Waals surface area (Å²) in [5, 5.41) is 0. The standard InChI is InChI=1S/2C9H13.C7H8Si.Ti/c2*1-6-5-7(2)9(4)8(6)3;8-6-7-4-2-1-3-5-7;/h2*6H,1-4H3;1-5,8H,6H2;/q2*-1;;+2. The van der Waals surface area contributed by atoms with Crippen LogP contribution in [0.4, 0.5) is 0 Å². The summed E-state index contributed by atoms with van der Waals surface area (Å²) in [5.74, 6) is 1.12. The number of allylic oxidation sites excluding steroid dienone is 8. The van der Waals surface area contributed by atoms with Gasteiger partial charge in [-0.25, -0.2) is 11.1 Å². The van der Waals surface area contributed by atoms with Crippen LogP contribution >= 0.6 is 0 Å². The van der Waals surface area contributed by atoms with Gasteiger partial charge in [-0.3, -0.25) is 12.2 Å². The van der Waals surface area contributed by atoms with Crippen LogP contribution in [-0.2, 0) is 25.2 Å². The molecule has 0 nitrogen and oxygen atoms in total. The first-order valence-electron chi connectivity index (χ1n) is 9.77. The molecule has 0 heterocycles. The molecular formula is C25H34SiTi. The molecule has 0 N–H and O–H groups in total. The number of rotatable bonds is 2. The average molecular weight is 411 g/mol. The van der Waals surface area contributed by atoms with Gasteiger partial charge in [0.2, 0.25) is 0 Å². The third-order valence-electron chi connectivity index (χ3n) is 5.65. The summed E-state index contributed by atoms with van der Waals surface area (Å²) in [6.45, 7) is 18.0. The van der Waals surface area contributed by atoms with Gasteiger partial charge in [0.15, 0.2) is 0 Å². The van der Waals surface area contributed by atoms with Gasteiger partial charge in [-0.05, 0) is 0 Å². The van der Waals surface area contributed by atoms with E-state index >= 15 is 0 Å². The van der Waals surface area contributed by atoms with Crippen LogP contribution in [0, 0.1) is 24.0 Å². The van der Waals surface area contributed by atoms with E-state index in [0.717, 1.165) is 0 Å². The van der Waals surface area contributed by atoms with E-state index in [0.29, 0.717) is 18.7 Å². The van der Waals surface area contributed by atoms with Crippen molar-refractivity contribution in [3.63, 3.8) is 0 Å². The third-order valence-corrected chi connectivity index (χ3v) is 7.29. The molecule has 0 saturated heterocycles. The Morgan fingerprint density at radius 3 is 1.41 bits per heavy atom. The zero-order chi connectivity index (χ0) is 20.6. The second-order valence-corrected chi connectivity index (χ2v) is 10.2. The van der Waals surface area contributed by atoms with E-state index in [1.54, 1.807) is 0 Å². The summed E-state index contributed by atoms with van der Waals surface area (Å²) in [6, 6.07) is 11.9. The molecule has 2 aliphatic rings. The van der Waals surface area contributed by atoms with Crippen molar-refractivity contribution in [3.8, 4) is 0 Å². The zero-order valence-corrected chi connectivity index (χ0v) is 21.0. The fraction of sp³-hybridized carbons (Fsp3) is 0.440. The fourth-order valence-electron chi connectivity index (χ4n) is 3.06. The van der Waals surface area contributed by atoms with Gasteiger partial charge >= 0.3 is 68.0 Å². The molecule has 0 amide bonds. The molecule has 27 heavy (non-hydrogen) atoms. The molecule has 2 heteroatoms. The summed E-state index contributed by atoms with van der Waals surface area (Å²) in [5.41, 5.74) is 9.97. The summed E-state index contributed by atoms with van der Waals surface area (Å²) in [4.78, 5) is 0. The molecular weight excluding hydrogens is 376 g/mol. The summed E-state index contributed by atoms with van der Waals surface area (Å²) < 4.78 is 0. The molecule has 1 aromatic rings. The quantitative estimate of drug-likeness (QED) is 0.384. The molecule has 2 unspecified atom stereocenters. The molecule has 0 saturated carbocycles. The molecule has 0 spiro atoms. The molecule has 3 rings (SSSR count). The molecule has 0 radical (unpaired) electrons. The second kappa shape index (κ2) is 11.8. The monoisotopic (exact) mass is 410 g/mol. The van der Waals surface area contributed by atoms with Gasteiger partial charge in [-0.15, -0.1) is 13.8 Å². The molecule has 0 bridgehead atoms. The Morgan fingerprint density at radius 1 is 0.778 bits per heavy atom. The first-order valence-corrected chi connectivity index (χ1v) is 13.9. The van der Waals surface area contributed by atoms with Crippen LogP contribution in [0.25, 0.3) is 0 Å². The zero-order valence-electron chi connectivity index (χ0n) is 18.3. The molecule has 2 atom stereocenters. The Balaban J connectivity index is 0.000000202. The Bertz CT molecular complexity index is 719. The Morgan fingerprint density at radius 2 is 1.19 bits per heavy atom. The van der Waals surface area contributed by atoms with E-state index in [1.807, 2.05) is 0 Å². The van der Waals surface area contributed by atoms with Crippen molar-refractivity contribution in [1.29, 1.82) is 0 Å². The topological polar surface area (TPSA) is 0 Å². The molecule has 2 aliphatic carbocycles. The van der Waals surface area contributed by atoms with Crippen LogP contribution in [0.15, 0.2) is 63.8 Å². The second-order valence-electron chi connectivity index (χ2n) is 7.49. The Labute approximate surface area is 180 Å².